The number of rotatable bonds is 4. The van der Waals surface area contributed by atoms with E-state index >= 15 is 0 Å². The van der Waals surface area contributed by atoms with Crippen LogP contribution < -0.4 is 5.32 Å². The molecule has 0 fully saturated rings. The summed E-state index contributed by atoms with van der Waals surface area (Å²) in [5.41, 5.74) is 5.09. The summed E-state index contributed by atoms with van der Waals surface area (Å²) in [5, 5.41) is 10.8. The van der Waals surface area contributed by atoms with Crippen molar-refractivity contribution in [2.24, 2.45) is 5.41 Å². The Hall–Kier alpha value is -2.83. The third-order valence-electron chi connectivity index (χ3n) is 5.04. The zero-order valence-corrected chi connectivity index (χ0v) is 15.8. The van der Waals surface area contributed by atoms with Crippen molar-refractivity contribution >= 4 is 5.82 Å². The number of aromatic nitrogens is 5. The van der Waals surface area contributed by atoms with Crippen molar-refractivity contribution < 1.29 is 4.39 Å². The van der Waals surface area contributed by atoms with Crippen molar-refractivity contribution in [2.45, 2.75) is 46.6 Å². The van der Waals surface area contributed by atoms with Gasteiger partial charge in [0.25, 0.3) is 0 Å². The number of aromatic amines is 1. The van der Waals surface area contributed by atoms with Gasteiger partial charge in [0.15, 0.2) is 0 Å². The number of nitrogens with one attached hydrogen (secondary N) is 2. The Morgan fingerprint density at radius 1 is 1.22 bits per heavy atom. The van der Waals surface area contributed by atoms with Crippen molar-refractivity contribution in [2.75, 3.05) is 5.32 Å². The molecule has 27 heavy (non-hydrogen) atoms. The molecule has 0 saturated carbocycles. The zero-order valence-electron chi connectivity index (χ0n) is 15.8. The van der Waals surface area contributed by atoms with Gasteiger partial charge in [0.05, 0.1) is 5.69 Å². The van der Waals surface area contributed by atoms with Crippen LogP contribution in [0.4, 0.5) is 10.2 Å². The first kappa shape index (κ1) is 17.6. The molecule has 3 heterocycles. The Kier molecular flexibility index (Phi) is 4.37. The fraction of sp³-hybridized carbons (Fsp3) is 0.400. The Labute approximate surface area is 157 Å². The van der Waals surface area contributed by atoms with Crippen molar-refractivity contribution in [1.82, 2.24) is 25.1 Å². The molecule has 3 aromatic heterocycles. The van der Waals surface area contributed by atoms with Gasteiger partial charge in [-0.2, -0.15) is 9.49 Å². The molecule has 0 atom stereocenters. The first-order valence-corrected chi connectivity index (χ1v) is 9.15. The number of fused-ring (bicyclic) bond motifs is 1. The van der Waals surface area contributed by atoms with E-state index in [4.69, 9.17) is 0 Å². The molecule has 0 saturated heterocycles. The maximum absolute atomic E-state index is 14.1. The molecule has 0 unspecified atom stereocenters. The fourth-order valence-electron chi connectivity index (χ4n) is 3.51. The van der Waals surface area contributed by atoms with E-state index in [1.807, 2.05) is 13.0 Å². The number of hydrogen-bond acceptors (Lipinski definition) is 5. The van der Waals surface area contributed by atoms with E-state index < -0.39 is 5.95 Å². The van der Waals surface area contributed by atoms with E-state index in [9.17, 15) is 4.39 Å². The van der Waals surface area contributed by atoms with Crippen LogP contribution in [0.25, 0.3) is 11.3 Å². The smallest absolute Gasteiger partial charge is 0.215 e. The molecule has 0 spiro atoms. The van der Waals surface area contributed by atoms with Crippen molar-refractivity contribution in [3.63, 3.8) is 0 Å². The van der Waals surface area contributed by atoms with E-state index in [2.05, 4.69) is 44.3 Å². The highest BCUT2D eigenvalue weighted by molar-refractivity contribution is 5.67. The minimum atomic E-state index is -0.525. The Morgan fingerprint density at radius 2 is 2.00 bits per heavy atom. The van der Waals surface area contributed by atoms with E-state index in [0.29, 0.717) is 12.4 Å². The molecule has 0 bridgehead atoms. The molecule has 0 radical (unpaired) electrons. The molecule has 1 aliphatic carbocycles. The molecule has 7 heteroatoms. The lowest BCUT2D eigenvalue weighted by Crippen LogP contribution is -2.21. The van der Waals surface area contributed by atoms with Gasteiger partial charge >= 0.3 is 0 Å². The average molecular weight is 366 g/mol. The largest absolute Gasteiger partial charge is 0.366 e. The van der Waals surface area contributed by atoms with Gasteiger partial charge in [0.2, 0.25) is 5.95 Å². The van der Waals surface area contributed by atoms with Gasteiger partial charge in [0.1, 0.15) is 11.6 Å². The SMILES string of the molecule is Cc1ncc(CNc2cc(-c3n[nH]c4c3CCC(C)(C)C4)cc(F)n2)cn1. The molecule has 140 valence electrons. The number of aryl methyl sites for hydroxylation is 1. The number of hydrogen-bond donors (Lipinski definition) is 2. The van der Waals surface area contributed by atoms with Gasteiger partial charge in [0, 0.05) is 47.4 Å². The van der Waals surface area contributed by atoms with Crippen LogP contribution in [0, 0.1) is 18.3 Å². The summed E-state index contributed by atoms with van der Waals surface area (Å²) in [6, 6.07) is 3.28. The summed E-state index contributed by atoms with van der Waals surface area (Å²) < 4.78 is 14.1. The highest BCUT2D eigenvalue weighted by Gasteiger charge is 2.29. The molecule has 0 amide bonds. The van der Waals surface area contributed by atoms with E-state index in [0.717, 1.165) is 47.6 Å². The van der Waals surface area contributed by atoms with Crippen LogP contribution in [0.15, 0.2) is 24.5 Å². The lowest BCUT2D eigenvalue weighted by Gasteiger charge is -2.29. The molecule has 3 aromatic rings. The standard InChI is InChI=1S/C20H23FN6/c1-12-22-9-13(10-23-12)11-24-18-7-14(6-17(21)25-18)19-15-4-5-20(2,3)8-16(15)26-27-19/h6-7,9-10H,4-5,8,11H2,1-3H3,(H,24,25)(H,26,27). The summed E-state index contributed by atoms with van der Waals surface area (Å²) in [6.45, 7) is 6.84. The van der Waals surface area contributed by atoms with Gasteiger partial charge in [-0.3, -0.25) is 5.10 Å². The summed E-state index contributed by atoms with van der Waals surface area (Å²) in [7, 11) is 0. The fourth-order valence-corrected chi connectivity index (χ4v) is 3.51. The monoisotopic (exact) mass is 366 g/mol. The predicted molar refractivity (Wildman–Crippen MR) is 102 cm³/mol. The lowest BCUT2D eigenvalue weighted by molar-refractivity contribution is 0.312. The first-order valence-electron chi connectivity index (χ1n) is 9.15. The van der Waals surface area contributed by atoms with E-state index in [-0.39, 0.29) is 5.41 Å². The molecular formula is C20H23FN6. The normalized spacial score (nSPS) is 15.4. The van der Waals surface area contributed by atoms with Gasteiger partial charge in [-0.25, -0.2) is 15.0 Å². The number of pyridine rings is 1. The molecule has 1 aliphatic rings. The highest BCUT2D eigenvalue weighted by Crippen LogP contribution is 2.38. The molecule has 0 aromatic carbocycles. The average Bonchev–Trinajstić information content (AvgIpc) is 3.02. The molecule has 6 nitrogen and oxygen atoms in total. The number of nitrogens with zero attached hydrogens (tertiary/aromatic N) is 4. The summed E-state index contributed by atoms with van der Waals surface area (Å²) in [4.78, 5) is 12.3. The summed E-state index contributed by atoms with van der Waals surface area (Å²) >= 11 is 0. The van der Waals surface area contributed by atoms with Gasteiger partial charge in [-0.1, -0.05) is 13.8 Å². The molecule has 2 N–H and O–H groups in total. The second kappa shape index (κ2) is 6.72. The van der Waals surface area contributed by atoms with Gasteiger partial charge in [-0.05, 0) is 37.7 Å². The molecule has 4 rings (SSSR count). The van der Waals surface area contributed by atoms with Crippen LogP contribution in [-0.4, -0.2) is 25.1 Å². The van der Waals surface area contributed by atoms with Crippen LogP contribution in [-0.2, 0) is 19.4 Å². The maximum Gasteiger partial charge on any atom is 0.215 e. The first-order chi connectivity index (χ1) is 12.9. The van der Waals surface area contributed by atoms with Crippen LogP contribution in [0.1, 0.15) is 42.9 Å². The van der Waals surface area contributed by atoms with Crippen LogP contribution in [0.3, 0.4) is 0 Å². The third-order valence-corrected chi connectivity index (χ3v) is 5.04. The number of anilines is 1. The van der Waals surface area contributed by atoms with Crippen LogP contribution in [0.5, 0.6) is 0 Å². The van der Waals surface area contributed by atoms with Crippen molar-refractivity contribution in [3.05, 3.63) is 53.1 Å². The topological polar surface area (TPSA) is 79.4 Å². The maximum atomic E-state index is 14.1. The van der Waals surface area contributed by atoms with Gasteiger partial charge in [-0.15, -0.1) is 0 Å². The van der Waals surface area contributed by atoms with Gasteiger partial charge < -0.3 is 5.32 Å². The molecular weight excluding hydrogens is 343 g/mol. The van der Waals surface area contributed by atoms with E-state index in [1.165, 1.54) is 11.6 Å². The minimum absolute atomic E-state index is 0.267. The second-order valence-electron chi connectivity index (χ2n) is 7.93. The highest BCUT2D eigenvalue weighted by atomic mass is 19.1. The van der Waals surface area contributed by atoms with Crippen molar-refractivity contribution in [3.8, 4) is 11.3 Å². The zero-order chi connectivity index (χ0) is 19.0. The van der Waals surface area contributed by atoms with E-state index in [1.54, 1.807) is 12.4 Å². The Bertz CT molecular complexity index is 961. The lowest BCUT2D eigenvalue weighted by atomic mass is 9.76. The summed E-state index contributed by atoms with van der Waals surface area (Å²) in [5.74, 6) is 0.665. The minimum Gasteiger partial charge on any atom is -0.366 e. The third kappa shape index (κ3) is 3.82. The van der Waals surface area contributed by atoms with Crippen molar-refractivity contribution in [1.29, 1.82) is 0 Å². The Morgan fingerprint density at radius 3 is 2.78 bits per heavy atom. The number of H-pyrrole nitrogens is 1. The Balaban J connectivity index is 1.58. The second-order valence-corrected chi connectivity index (χ2v) is 7.93. The quantitative estimate of drug-likeness (QED) is 0.686. The molecule has 0 aliphatic heterocycles. The van der Waals surface area contributed by atoms with Crippen LogP contribution in [0.2, 0.25) is 0 Å². The predicted octanol–water partition coefficient (Wildman–Crippen LogP) is 3.84. The summed E-state index contributed by atoms with van der Waals surface area (Å²) in [6.07, 6.45) is 6.50. The number of halogens is 1. The van der Waals surface area contributed by atoms with Crippen LogP contribution >= 0.6 is 0 Å².